The Labute approximate surface area is 194 Å². The molecule has 0 saturated heterocycles. The molecule has 0 aliphatic heterocycles. The topological polar surface area (TPSA) is 74.8 Å². The fourth-order valence-electron chi connectivity index (χ4n) is 5.38. The first-order valence-corrected chi connectivity index (χ1v) is 12.0. The second kappa shape index (κ2) is 12.7. The molecule has 0 aromatic rings. The van der Waals surface area contributed by atoms with Crippen LogP contribution in [0.3, 0.4) is 0 Å². The van der Waals surface area contributed by atoms with Crippen molar-refractivity contribution in [2.75, 3.05) is 28.2 Å². The van der Waals surface area contributed by atoms with Crippen molar-refractivity contribution in [3.05, 3.63) is 24.3 Å². The summed E-state index contributed by atoms with van der Waals surface area (Å²) in [5.41, 5.74) is 0. The van der Waals surface area contributed by atoms with Crippen molar-refractivity contribution < 1.29 is 19.2 Å². The molecule has 4 rings (SSSR count). The average Bonchev–Trinajstić information content (AvgIpc) is 3.60. The third-order valence-corrected chi connectivity index (χ3v) is 6.81. The number of allylic oxidation sites excluding steroid dienone is 4. The first kappa shape index (κ1) is 27.8. The Morgan fingerprint density at radius 1 is 0.625 bits per heavy atom. The SMILES string of the molecule is CC.CC.CN(C)C(=O)C1C2C=CC(C2)C1C=O.CN(C)C(=O)C1C2C=CC(C2)C1C=O. The molecule has 8 unspecified atom stereocenters. The zero-order valence-corrected chi connectivity index (χ0v) is 21.0. The lowest BCUT2D eigenvalue weighted by Crippen LogP contribution is -2.37. The van der Waals surface area contributed by atoms with Crippen LogP contribution in [0, 0.1) is 47.3 Å². The van der Waals surface area contributed by atoms with Crippen LogP contribution in [-0.4, -0.2) is 62.4 Å². The minimum Gasteiger partial charge on any atom is -0.349 e. The second-order valence-corrected chi connectivity index (χ2v) is 8.84. The van der Waals surface area contributed by atoms with Gasteiger partial charge in [-0.2, -0.15) is 0 Å². The molecule has 32 heavy (non-hydrogen) atoms. The number of hydrogen-bond acceptors (Lipinski definition) is 4. The Morgan fingerprint density at radius 2 is 0.906 bits per heavy atom. The van der Waals surface area contributed by atoms with E-state index in [9.17, 15) is 19.2 Å². The summed E-state index contributed by atoms with van der Waals surface area (Å²) in [7, 11) is 7.00. The lowest BCUT2D eigenvalue weighted by Gasteiger charge is -2.25. The summed E-state index contributed by atoms with van der Waals surface area (Å²) in [5, 5.41) is 0. The van der Waals surface area contributed by atoms with E-state index in [1.165, 1.54) is 0 Å². The van der Waals surface area contributed by atoms with Gasteiger partial charge in [0.1, 0.15) is 12.6 Å². The lowest BCUT2D eigenvalue weighted by atomic mass is 9.83. The van der Waals surface area contributed by atoms with Crippen LogP contribution >= 0.6 is 0 Å². The standard InChI is InChI=1S/2C11H15NO2.2C2H6/c2*1-12(2)11(14)10-8-4-3-7(5-8)9(10)6-13;2*1-2/h2*3-4,6-10H,5H2,1-2H3;2*1-2H3. The molecule has 4 aliphatic rings. The molecule has 0 spiro atoms. The maximum Gasteiger partial charge on any atom is 0.226 e. The number of amides is 2. The zero-order chi connectivity index (χ0) is 24.6. The van der Waals surface area contributed by atoms with E-state index in [1.807, 2.05) is 27.7 Å². The molecule has 4 aliphatic carbocycles. The molecule has 2 saturated carbocycles. The van der Waals surface area contributed by atoms with E-state index in [4.69, 9.17) is 0 Å². The Hall–Kier alpha value is -2.24. The highest BCUT2D eigenvalue weighted by Crippen LogP contribution is 2.48. The first-order valence-electron chi connectivity index (χ1n) is 12.0. The van der Waals surface area contributed by atoms with Gasteiger partial charge in [-0.05, 0) is 36.5 Å². The highest BCUT2D eigenvalue weighted by atomic mass is 16.2. The van der Waals surface area contributed by atoms with E-state index in [-0.39, 0.29) is 35.5 Å². The average molecular weight is 447 g/mol. The Morgan fingerprint density at radius 3 is 1.16 bits per heavy atom. The molecule has 8 atom stereocenters. The first-order chi connectivity index (χ1) is 15.3. The molecule has 6 heteroatoms. The molecule has 4 bridgehead atoms. The third-order valence-electron chi connectivity index (χ3n) is 6.81. The molecule has 2 fully saturated rings. The van der Waals surface area contributed by atoms with E-state index in [2.05, 4.69) is 24.3 Å². The summed E-state index contributed by atoms with van der Waals surface area (Å²) in [4.78, 5) is 48.7. The lowest BCUT2D eigenvalue weighted by molar-refractivity contribution is -0.137. The summed E-state index contributed by atoms with van der Waals surface area (Å²) in [6.45, 7) is 8.00. The molecule has 2 amide bonds. The van der Waals surface area contributed by atoms with Crippen molar-refractivity contribution >= 4 is 24.4 Å². The molecule has 0 aromatic carbocycles. The molecule has 180 valence electrons. The molecule has 0 heterocycles. The van der Waals surface area contributed by atoms with Crippen molar-refractivity contribution in [2.45, 2.75) is 40.5 Å². The summed E-state index contributed by atoms with van der Waals surface area (Å²) in [6, 6.07) is 0. The number of fused-ring (bicyclic) bond motifs is 4. The Balaban J connectivity index is 0.000000277. The number of carbonyl (C=O) groups excluding carboxylic acids is 4. The second-order valence-electron chi connectivity index (χ2n) is 8.84. The van der Waals surface area contributed by atoms with Gasteiger partial charge in [-0.15, -0.1) is 0 Å². The highest BCUT2D eigenvalue weighted by Gasteiger charge is 2.49. The molecular formula is C26H42N2O4. The van der Waals surface area contributed by atoms with Crippen LogP contribution in [0.15, 0.2) is 24.3 Å². The van der Waals surface area contributed by atoms with Crippen LogP contribution in [0.25, 0.3) is 0 Å². The number of nitrogens with zero attached hydrogens (tertiary/aromatic N) is 2. The molecule has 0 aromatic heterocycles. The van der Waals surface area contributed by atoms with Crippen molar-refractivity contribution in [3.63, 3.8) is 0 Å². The molecule has 0 N–H and O–H groups in total. The van der Waals surface area contributed by atoms with Crippen molar-refractivity contribution in [1.29, 1.82) is 0 Å². The minimum atomic E-state index is -0.0995. The fourth-order valence-corrected chi connectivity index (χ4v) is 5.38. The van der Waals surface area contributed by atoms with E-state index in [0.717, 1.165) is 25.4 Å². The Kier molecular flexibility index (Phi) is 11.0. The van der Waals surface area contributed by atoms with Gasteiger partial charge in [0.25, 0.3) is 0 Å². The Bertz CT molecular complexity index is 653. The van der Waals surface area contributed by atoms with Crippen LogP contribution < -0.4 is 0 Å². The monoisotopic (exact) mass is 446 g/mol. The molecule has 6 nitrogen and oxygen atoms in total. The van der Waals surface area contributed by atoms with Crippen molar-refractivity contribution in [2.24, 2.45) is 47.3 Å². The van der Waals surface area contributed by atoms with Crippen molar-refractivity contribution in [3.8, 4) is 0 Å². The van der Waals surface area contributed by atoms with Gasteiger partial charge in [-0.1, -0.05) is 52.0 Å². The summed E-state index contributed by atoms with van der Waals surface area (Å²) in [5.74, 6) is 1.04. The maximum absolute atomic E-state index is 11.8. The smallest absolute Gasteiger partial charge is 0.226 e. The van der Waals surface area contributed by atoms with Gasteiger partial charge in [-0.25, -0.2) is 0 Å². The van der Waals surface area contributed by atoms with Gasteiger partial charge in [0.15, 0.2) is 0 Å². The van der Waals surface area contributed by atoms with Gasteiger partial charge >= 0.3 is 0 Å². The number of carbonyl (C=O) groups is 4. The van der Waals surface area contributed by atoms with Crippen LogP contribution in [0.4, 0.5) is 0 Å². The third kappa shape index (κ3) is 5.57. The minimum absolute atomic E-state index is 0.0834. The highest BCUT2D eigenvalue weighted by molar-refractivity contribution is 5.84. The van der Waals surface area contributed by atoms with Gasteiger partial charge in [0.2, 0.25) is 11.8 Å². The maximum atomic E-state index is 11.8. The predicted molar refractivity (Wildman–Crippen MR) is 128 cm³/mol. The van der Waals surface area contributed by atoms with Gasteiger partial charge < -0.3 is 19.4 Å². The van der Waals surface area contributed by atoms with Crippen LogP contribution in [0.2, 0.25) is 0 Å². The molecule has 0 radical (unpaired) electrons. The normalized spacial score (nSPS) is 34.2. The summed E-state index contributed by atoms with van der Waals surface area (Å²) >= 11 is 0. The predicted octanol–water partition coefficient (Wildman–Crippen LogP) is 3.48. The molecular weight excluding hydrogens is 404 g/mol. The fraction of sp³-hybridized carbons (Fsp3) is 0.692. The quantitative estimate of drug-likeness (QED) is 0.489. The van der Waals surface area contributed by atoms with Gasteiger partial charge in [-0.3, -0.25) is 9.59 Å². The number of aldehydes is 2. The van der Waals surface area contributed by atoms with Crippen molar-refractivity contribution in [1.82, 2.24) is 9.80 Å². The largest absolute Gasteiger partial charge is 0.349 e. The van der Waals surface area contributed by atoms with Gasteiger partial charge in [0.05, 0.1) is 11.8 Å². The number of hydrogen-bond donors (Lipinski definition) is 0. The summed E-state index contributed by atoms with van der Waals surface area (Å²) in [6.07, 6.45) is 12.2. The van der Waals surface area contributed by atoms with E-state index in [1.54, 1.807) is 38.0 Å². The number of rotatable bonds is 4. The van der Waals surface area contributed by atoms with Gasteiger partial charge in [0, 0.05) is 40.0 Å². The van der Waals surface area contributed by atoms with E-state index >= 15 is 0 Å². The zero-order valence-electron chi connectivity index (χ0n) is 21.0. The van der Waals surface area contributed by atoms with Crippen LogP contribution in [0.5, 0.6) is 0 Å². The van der Waals surface area contributed by atoms with Crippen LogP contribution in [-0.2, 0) is 19.2 Å². The van der Waals surface area contributed by atoms with E-state index in [0.29, 0.717) is 23.7 Å². The van der Waals surface area contributed by atoms with E-state index < -0.39 is 0 Å². The van der Waals surface area contributed by atoms with Crippen LogP contribution in [0.1, 0.15) is 40.5 Å². The summed E-state index contributed by atoms with van der Waals surface area (Å²) < 4.78 is 0.